The minimum atomic E-state index is -0.776. The summed E-state index contributed by atoms with van der Waals surface area (Å²) in [5.41, 5.74) is 7.74. The smallest absolute Gasteiger partial charge is 0.151 e. The number of para-hydroxylation sites is 1. The maximum absolute atomic E-state index is 13.9. The Labute approximate surface area is 116 Å². The number of benzene rings is 2. The van der Waals surface area contributed by atoms with Crippen molar-refractivity contribution in [3.8, 4) is 0 Å². The molecule has 0 amide bonds. The Bertz CT molecular complexity index is 760. The molecule has 2 aromatic carbocycles. The predicted molar refractivity (Wildman–Crippen MR) is 77.8 cm³/mol. The van der Waals surface area contributed by atoms with Crippen LogP contribution in [0.5, 0.6) is 0 Å². The minimum Gasteiger partial charge on any atom is -0.329 e. The molecule has 102 valence electrons. The molecule has 20 heavy (non-hydrogen) atoms. The van der Waals surface area contributed by atoms with E-state index in [2.05, 4.69) is 4.98 Å². The maximum atomic E-state index is 13.9. The number of nitrogens with two attached hydrogens (primary N) is 1. The van der Waals surface area contributed by atoms with Crippen LogP contribution in [0.25, 0.3) is 11.0 Å². The first-order valence-corrected chi connectivity index (χ1v) is 6.47. The fourth-order valence-electron chi connectivity index (χ4n) is 2.56. The first kappa shape index (κ1) is 12.8. The van der Waals surface area contributed by atoms with Gasteiger partial charge in [-0.1, -0.05) is 36.4 Å². The lowest BCUT2D eigenvalue weighted by Crippen LogP contribution is -2.37. The predicted octanol–water partition coefficient (Wildman–Crippen LogP) is 2.93. The van der Waals surface area contributed by atoms with Gasteiger partial charge >= 0.3 is 0 Å². The van der Waals surface area contributed by atoms with E-state index >= 15 is 0 Å². The summed E-state index contributed by atoms with van der Waals surface area (Å²) < 4.78 is 15.7. The second kappa shape index (κ2) is 4.42. The van der Waals surface area contributed by atoms with Gasteiger partial charge in [-0.2, -0.15) is 0 Å². The van der Waals surface area contributed by atoms with Crippen molar-refractivity contribution in [3.63, 3.8) is 0 Å². The second-order valence-electron chi connectivity index (χ2n) is 5.17. The molecular weight excluding hydrogens is 253 g/mol. The van der Waals surface area contributed by atoms with Crippen molar-refractivity contribution in [1.82, 2.24) is 9.55 Å². The monoisotopic (exact) mass is 269 g/mol. The van der Waals surface area contributed by atoms with E-state index in [1.54, 1.807) is 6.07 Å². The average Bonchev–Trinajstić information content (AvgIpc) is 2.80. The highest BCUT2D eigenvalue weighted by Crippen LogP contribution is 2.28. The van der Waals surface area contributed by atoms with Gasteiger partial charge in [-0.15, -0.1) is 0 Å². The SMILES string of the molecule is Cn1c(C(C)(N)c2ccccc2)nc2c(F)cccc21. The van der Waals surface area contributed by atoms with E-state index in [-0.39, 0.29) is 5.82 Å². The van der Waals surface area contributed by atoms with Gasteiger partial charge in [-0.25, -0.2) is 9.37 Å². The number of imidazole rings is 1. The molecule has 1 aromatic heterocycles. The molecule has 3 nitrogen and oxygen atoms in total. The Hall–Kier alpha value is -2.20. The standard InChI is InChI=1S/C16H16FN3/c1-16(18,11-7-4-3-5-8-11)15-19-14-12(17)9-6-10-13(14)20(15)2/h3-10H,18H2,1-2H3. The van der Waals surface area contributed by atoms with Gasteiger partial charge in [-0.3, -0.25) is 0 Å². The van der Waals surface area contributed by atoms with Gasteiger partial charge in [-0.05, 0) is 24.6 Å². The number of halogens is 1. The van der Waals surface area contributed by atoms with E-state index in [4.69, 9.17) is 5.73 Å². The maximum Gasteiger partial charge on any atom is 0.151 e. The molecule has 0 aliphatic carbocycles. The Morgan fingerprint density at radius 2 is 1.80 bits per heavy atom. The van der Waals surface area contributed by atoms with Gasteiger partial charge in [0.15, 0.2) is 5.82 Å². The fraction of sp³-hybridized carbons (Fsp3) is 0.188. The Balaban J connectivity index is 2.24. The zero-order valence-corrected chi connectivity index (χ0v) is 11.5. The van der Waals surface area contributed by atoms with Crippen molar-refractivity contribution >= 4 is 11.0 Å². The van der Waals surface area contributed by atoms with Crippen LogP contribution in [0.1, 0.15) is 18.3 Å². The molecule has 0 saturated heterocycles. The van der Waals surface area contributed by atoms with Crippen molar-refractivity contribution < 1.29 is 4.39 Å². The molecule has 4 heteroatoms. The molecule has 0 aliphatic rings. The van der Waals surface area contributed by atoms with E-state index in [1.807, 2.05) is 54.9 Å². The highest BCUT2D eigenvalue weighted by molar-refractivity contribution is 5.77. The van der Waals surface area contributed by atoms with Crippen LogP contribution in [0.2, 0.25) is 0 Å². The fourth-order valence-corrected chi connectivity index (χ4v) is 2.56. The van der Waals surface area contributed by atoms with Crippen LogP contribution in [0.4, 0.5) is 4.39 Å². The van der Waals surface area contributed by atoms with Crippen LogP contribution in [-0.2, 0) is 12.6 Å². The molecule has 1 heterocycles. The molecule has 1 atom stereocenters. The van der Waals surface area contributed by atoms with E-state index < -0.39 is 5.54 Å². The van der Waals surface area contributed by atoms with Crippen LogP contribution in [0.15, 0.2) is 48.5 Å². The van der Waals surface area contributed by atoms with Crippen LogP contribution < -0.4 is 5.73 Å². The van der Waals surface area contributed by atoms with E-state index in [0.29, 0.717) is 11.3 Å². The number of nitrogens with zero attached hydrogens (tertiary/aromatic N) is 2. The number of aryl methyl sites for hydroxylation is 1. The molecule has 0 radical (unpaired) electrons. The number of fused-ring (bicyclic) bond motifs is 1. The molecule has 0 bridgehead atoms. The molecule has 2 N–H and O–H groups in total. The third kappa shape index (κ3) is 1.80. The van der Waals surface area contributed by atoms with Gasteiger partial charge in [0.25, 0.3) is 0 Å². The van der Waals surface area contributed by atoms with E-state index in [0.717, 1.165) is 11.1 Å². The first-order chi connectivity index (χ1) is 9.51. The Kier molecular flexibility index (Phi) is 2.83. The topological polar surface area (TPSA) is 43.8 Å². The Morgan fingerprint density at radius 1 is 1.10 bits per heavy atom. The molecule has 0 saturated carbocycles. The quantitative estimate of drug-likeness (QED) is 0.777. The highest BCUT2D eigenvalue weighted by atomic mass is 19.1. The molecule has 3 aromatic rings. The lowest BCUT2D eigenvalue weighted by molar-refractivity contribution is 0.538. The summed E-state index contributed by atoms with van der Waals surface area (Å²) in [4.78, 5) is 4.42. The van der Waals surface area contributed by atoms with Gasteiger partial charge in [0.1, 0.15) is 11.3 Å². The molecular formula is C16H16FN3. The summed E-state index contributed by atoms with van der Waals surface area (Å²) >= 11 is 0. The number of hydrogen-bond acceptors (Lipinski definition) is 2. The summed E-state index contributed by atoms with van der Waals surface area (Å²) in [6.45, 7) is 1.89. The number of aromatic nitrogens is 2. The zero-order chi connectivity index (χ0) is 14.3. The summed E-state index contributed by atoms with van der Waals surface area (Å²) in [7, 11) is 1.86. The lowest BCUT2D eigenvalue weighted by atomic mass is 9.92. The van der Waals surface area contributed by atoms with Crippen molar-refractivity contribution in [2.24, 2.45) is 12.8 Å². The molecule has 0 spiro atoms. The van der Waals surface area contributed by atoms with Gasteiger partial charge in [0, 0.05) is 7.05 Å². The third-order valence-corrected chi connectivity index (χ3v) is 3.70. The van der Waals surface area contributed by atoms with Gasteiger partial charge < -0.3 is 10.3 Å². The van der Waals surface area contributed by atoms with E-state index in [1.165, 1.54) is 6.07 Å². The third-order valence-electron chi connectivity index (χ3n) is 3.70. The highest BCUT2D eigenvalue weighted by Gasteiger charge is 2.29. The van der Waals surface area contributed by atoms with Crippen LogP contribution in [0.3, 0.4) is 0 Å². The normalized spacial score (nSPS) is 14.4. The first-order valence-electron chi connectivity index (χ1n) is 6.47. The van der Waals surface area contributed by atoms with Crippen molar-refractivity contribution in [2.45, 2.75) is 12.5 Å². The van der Waals surface area contributed by atoms with Gasteiger partial charge in [0.2, 0.25) is 0 Å². The second-order valence-corrected chi connectivity index (χ2v) is 5.17. The molecule has 0 fully saturated rings. The van der Waals surface area contributed by atoms with Crippen molar-refractivity contribution in [1.29, 1.82) is 0 Å². The van der Waals surface area contributed by atoms with Crippen molar-refractivity contribution in [2.75, 3.05) is 0 Å². The van der Waals surface area contributed by atoms with Crippen LogP contribution in [0, 0.1) is 5.82 Å². The average molecular weight is 269 g/mol. The van der Waals surface area contributed by atoms with Crippen LogP contribution >= 0.6 is 0 Å². The zero-order valence-electron chi connectivity index (χ0n) is 11.5. The summed E-state index contributed by atoms with van der Waals surface area (Å²) in [6.07, 6.45) is 0. The van der Waals surface area contributed by atoms with Gasteiger partial charge in [0.05, 0.1) is 11.1 Å². The van der Waals surface area contributed by atoms with E-state index in [9.17, 15) is 4.39 Å². The van der Waals surface area contributed by atoms with Crippen LogP contribution in [-0.4, -0.2) is 9.55 Å². The lowest BCUT2D eigenvalue weighted by Gasteiger charge is -2.24. The summed E-state index contributed by atoms with van der Waals surface area (Å²) in [5.74, 6) is 0.317. The van der Waals surface area contributed by atoms with Crippen molar-refractivity contribution in [3.05, 3.63) is 65.7 Å². The number of hydrogen-bond donors (Lipinski definition) is 1. The summed E-state index contributed by atoms with van der Waals surface area (Å²) in [5, 5.41) is 0. The summed E-state index contributed by atoms with van der Waals surface area (Å²) in [6, 6.07) is 14.7. The molecule has 1 unspecified atom stereocenters. The molecule has 0 aliphatic heterocycles. The molecule has 3 rings (SSSR count). The Morgan fingerprint density at radius 3 is 2.45 bits per heavy atom. The largest absolute Gasteiger partial charge is 0.329 e. The minimum absolute atomic E-state index is 0.326. The number of rotatable bonds is 2.